The third kappa shape index (κ3) is 44.6. The monoisotopic (exact) mass is 785 g/mol. The molecule has 0 aliphatic carbocycles. The molecule has 0 heterocycles. The van der Waals surface area contributed by atoms with Crippen LogP contribution in [-0.2, 0) is 23.8 Å². The SMILES string of the molecule is CCCCC/C=C\C/C=C\C/C=C\CCCCCCCCC(=O)OCC(COCCCCCCCC/C=C\CCCCCCCC)OC(=O)CCCCCCC. The van der Waals surface area contributed by atoms with Gasteiger partial charge in [0.1, 0.15) is 6.61 Å². The van der Waals surface area contributed by atoms with E-state index in [0.29, 0.717) is 19.4 Å². The first-order valence-corrected chi connectivity index (χ1v) is 24.2. The zero-order chi connectivity index (χ0) is 40.7. The van der Waals surface area contributed by atoms with Crippen molar-refractivity contribution in [2.24, 2.45) is 0 Å². The highest BCUT2D eigenvalue weighted by Gasteiger charge is 2.17. The van der Waals surface area contributed by atoms with Crippen LogP contribution >= 0.6 is 0 Å². The lowest BCUT2D eigenvalue weighted by molar-refractivity contribution is -0.163. The van der Waals surface area contributed by atoms with Gasteiger partial charge in [-0.25, -0.2) is 0 Å². The van der Waals surface area contributed by atoms with Gasteiger partial charge < -0.3 is 14.2 Å². The van der Waals surface area contributed by atoms with Crippen molar-refractivity contribution in [1.29, 1.82) is 0 Å². The van der Waals surface area contributed by atoms with Crippen LogP contribution in [0.4, 0.5) is 0 Å². The second-order valence-corrected chi connectivity index (χ2v) is 16.0. The molecular weight excluding hydrogens is 693 g/mol. The fraction of sp³-hybridized carbons (Fsp3) is 0.804. The van der Waals surface area contributed by atoms with Gasteiger partial charge in [0.05, 0.1) is 6.61 Å². The quantitative estimate of drug-likeness (QED) is 0.0350. The Bertz CT molecular complexity index is 935. The number of carbonyl (C=O) groups is 2. The molecule has 0 N–H and O–H groups in total. The van der Waals surface area contributed by atoms with Crippen molar-refractivity contribution in [3.8, 4) is 0 Å². The van der Waals surface area contributed by atoms with Crippen molar-refractivity contribution in [3.63, 3.8) is 0 Å². The lowest BCUT2D eigenvalue weighted by Gasteiger charge is -2.18. The van der Waals surface area contributed by atoms with Gasteiger partial charge in [0.25, 0.3) is 0 Å². The number of unbranched alkanes of at least 4 members (excludes halogenated alkanes) is 25. The van der Waals surface area contributed by atoms with E-state index in [1.54, 1.807) is 0 Å². The van der Waals surface area contributed by atoms with E-state index in [1.165, 1.54) is 135 Å². The number of rotatable bonds is 44. The van der Waals surface area contributed by atoms with Crippen LogP contribution in [0.2, 0.25) is 0 Å². The maximum absolute atomic E-state index is 12.6. The average Bonchev–Trinajstić information content (AvgIpc) is 3.20. The molecule has 1 atom stereocenters. The van der Waals surface area contributed by atoms with Gasteiger partial charge in [-0.2, -0.15) is 0 Å². The van der Waals surface area contributed by atoms with Crippen molar-refractivity contribution >= 4 is 11.9 Å². The van der Waals surface area contributed by atoms with Gasteiger partial charge >= 0.3 is 11.9 Å². The maximum Gasteiger partial charge on any atom is 0.306 e. The smallest absolute Gasteiger partial charge is 0.306 e. The highest BCUT2D eigenvalue weighted by Crippen LogP contribution is 2.13. The van der Waals surface area contributed by atoms with E-state index >= 15 is 0 Å². The Hall–Kier alpha value is -2.14. The topological polar surface area (TPSA) is 61.8 Å². The molecule has 5 nitrogen and oxygen atoms in total. The lowest BCUT2D eigenvalue weighted by atomic mass is 10.1. The molecule has 0 radical (unpaired) electrons. The second-order valence-electron chi connectivity index (χ2n) is 16.0. The van der Waals surface area contributed by atoms with E-state index in [2.05, 4.69) is 69.4 Å². The lowest BCUT2D eigenvalue weighted by Crippen LogP contribution is -2.30. The number of hydrogen-bond donors (Lipinski definition) is 0. The summed E-state index contributed by atoms with van der Waals surface area (Å²) in [5, 5.41) is 0. The molecule has 326 valence electrons. The molecule has 0 amide bonds. The molecule has 0 bridgehead atoms. The summed E-state index contributed by atoms with van der Waals surface area (Å²) in [5.41, 5.74) is 0. The van der Waals surface area contributed by atoms with Gasteiger partial charge in [0, 0.05) is 19.4 Å². The third-order valence-corrected chi connectivity index (χ3v) is 10.3. The Labute approximate surface area is 348 Å². The maximum atomic E-state index is 12.6. The minimum absolute atomic E-state index is 0.0767. The van der Waals surface area contributed by atoms with Crippen LogP contribution in [0.15, 0.2) is 48.6 Å². The summed E-state index contributed by atoms with van der Waals surface area (Å²) >= 11 is 0. The summed E-state index contributed by atoms with van der Waals surface area (Å²) in [6.07, 6.45) is 57.1. The number of carbonyl (C=O) groups excluding carboxylic acids is 2. The van der Waals surface area contributed by atoms with Gasteiger partial charge in [0.2, 0.25) is 0 Å². The molecule has 5 heteroatoms. The van der Waals surface area contributed by atoms with E-state index in [1.807, 2.05) is 0 Å². The highest BCUT2D eigenvalue weighted by molar-refractivity contribution is 5.70. The molecule has 0 fully saturated rings. The predicted molar refractivity (Wildman–Crippen MR) is 242 cm³/mol. The molecule has 0 saturated heterocycles. The Balaban J connectivity index is 4.06. The number of ether oxygens (including phenoxy) is 3. The van der Waals surface area contributed by atoms with Gasteiger partial charge in [-0.15, -0.1) is 0 Å². The van der Waals surface area contributed by atoms with E-state index in [9.17, 15) is 9.59 Å². The van der Waals surface area contributed by atoms with Gasteiger partial charge in [-0.1, -0.05) is 191 Å². The molecule has 0 aromatic rings. The van der Waals surface area contributed by atoms with Crippen LogP contribution in [0.3, 0.4) is 0 Å². The summed E-state index contributed by atoms with van der Waals surface area (Å²) in [4.78, 5) is 25.1. The highest BCUT2D eigenvalue weighted by atomic mass is 16.6. The van der Waals surface area contributed by atoms with Gasteiger partial charge in [-0.3, -0.25) is 9.59 Å². The summed E-state index contributed by atoms with van der Waals surface area (Å²) in [7, 11) is 0. The van der Waals surface area contributed by atoms with Crippen LogP contribution in [0, 0.1) is 0 Å². The molecule has 0 aliphatic rings. The summed E-state index contributed by atoms with van der Waals surface area (Å²) < 4.78 is 17.2. The van der Waals surface area contributed by atoms with E-state index in [4.69, 9.17) is 14.2 Å². The van der Waals surface area contributed by atoms with Crippen molar-refractivity contribution in [2.75, 3.05) is 19.8 Å². The Morgan fingerprint density at radius 2 is 0.750 bits per heavy atom. The molecule has 0 aromatic carbocycles. The van der Waals surface area contributed by atoms with Crippen molar-refractivity contribution in [3.05, 3.63) is 48.6 Å². The van der Waals surface area contributed by atoms with Crippen LogP contribution in [0.5, 0.6) is 0 Å². The molecule has 1 unspecified atom stereocenters. The summed E-state index contributed by atoms with van der Waals surface area (Å²) in [6, 6.07) is 0. The molecule has 0 aromatic heterocycles. The summed E-state index contributed by atoms with van der Waals surface area (Å²) in [6.45, 7) is 7.71. The fourth-order valence-corrected chi connectivity index (χ4v) is 6.69. The van der Waals surface area contributed by atoms with Crippen molar-refractivity contribution in [2.45, 2.75) is 245 Å². The van der Waals surface area contributed by atoms with Crippen LogP contribution in [0.1, 0.15) is 239 Å². The molecule has 0 spiro atoms. The van der Waals surface area contributed by atoms with Gasteiger partial charge in [0.15, 0.2) is 6.10 Å². The minimum atomic E-state index is -0.538. The summed E-state index contributed by atoms with van der Waals surface area (Å²) in [5.74, 6) is -0.423. The van der Waals surface area contributed by atoms with Gasteiger partial charge in [-0.05, 0) is 83.5 Å². The normalized spacial score (nSPS) is 12.6. The van der Waals surface area contributed by atoms with E-state index in [0.717, 1.165) is 70.6 Å². The first kappa shape index (κ1) is 53.9. The predicted octanol–water partition coefficient (Wildman–Crippen LogP) is 16.0. The first-order valence-electron chi connectivity index (χ1n) is 24.2. The van der Waals surface area contributed by atoms with Crippen LogP contribution < -0.4 is 0 Å². The Morgan fingerprint density at radius 3 is 1.25 bits per heavy atom. The standard InChI is InChI=1S/C51H92O5/c1-4-7-10-13-15-17-19-21-23-25-26-27-28-30-32-34-36-39-41-44-50(52)55-48-49(56-51(53)45-42-38-12-9-6-3)47-54-46-43-40-37-35-33-31-29-24-22-20-18-16-14-11-8-5-2/h15,17,21-24,26-27,49H,4-14,16,18-20,25,28-48H2,1-3H3/b17-15-,23-21-,24-22-,27-26-. The zero-order valence-corrected chi connectivity index (χ0v) is 37.4. The number of esters is 2. The first-order chi connectivity index (χ1) is 27.6. The fourth-order valence-electron chi connectivity index (χ4n) is 6.69. The van der Waals surface area contributed by atoms with Crippen molar-refractivity contribution in [1.82, 2.24) is 0 Å². The average molecular weight is 785 g/mol. The molecule has 0 rings (SSSR count). The Morgan fingerprint density at radius 1 is 0.393 bits per heavy atom. The number of hydrogen-bond acceptors (Lipinski definition) is 5. The van der Waals surface area contributed by atoms with E-state index in [-0.39, 0.29) is 25.2 Å². The largest absolute Gasteiger partial charge is 0.462 e. The van der Waals surface area contributed by atoms with Crippen LogP contribution in [0.25, 0.3) is 0 Å². The second kappa shape index (κ2) is 47.2. The minimum Gasteiger partial charge on any atom is -0.462 e. The zero-order valence-electron chi connectivity index (χ0n) is 37.4. The molecule has 56 heavy (non-hydrogen) atoms. The third-order valence-electron chi connectivity index (χ3n) is 10.3. The molecule has 0 aliphatic heterocycles. The van der Waals surface area contributed by atoms with E-state index < -0.39 is 6.10 Å². The molecule has 0 saturated carbocycles. The van der Waals surface area contributed by atoms with Crippen LogP contribution in [-0.4, -0.2) is 37.9 Å². The Kier molecular flexibility index (Phi) is 45.4. The van der Waals surface area contributed by atoms with Crippen molar-refractivity contribution < 1.29 is 23.8 Å². The molecular formula is C51H92O5. The number of allylic oxidation sites excluding steroid dienone is 8.